The maximum absolute atomic E-state index is 12.3. The monoisotopic (exact) mass is 325 g/mol. The molecule has 126 valence electrons. The van der Waals surface area contributed by atoms with Gasteiger partial charge in [0.2, 0.25) is 0 Å². The Labute approximate surface area is 142 Å². The van der Waals surface area contributed by atoms with Crippen LogP contribution in [0, 0.1) is 13.8 Å². The van der Waals surface area contributed by atoms with Gasteiger partial charge in [0.05, 0.1) is 6.10 Å². The molecular weight excluding hydrogens is 302 g/mol. The summed E-state index contributed by atoms with van der Waals surface area (Å²) >= 11 is 0. The molecule has 0 bridgehead atoms. The van der Waals surface area contributed by atoms with E-state index in [1.54, 1.807) is 12.1 Å². The molecule has 2 aromatic carbocycles. The molecular formula is C20H23NO3. The fraction of sp³-hybridized carbons (Fsp3) is 0.350. The molecule has 1 heterocycles. The second kappa shape index (κ2) is 7.49. The average molecular weight is 325 g/mol. The summed E-state index contributed by atoms with van der Waals surface area (Å²) in [4.78, 5) is 12.3. The lowest BCUT2D eigenvalue weighted by Gasteiger charge is -2.12. The molecule has 0 spiro atoms. The van der Waals surface area contributed by atoms with Crippen molar-refractivity contribution < 1.29 is 14.3 Å². The smallest absolute Gasteiger partial charge is 0.255 e. The Morgan fingerprint density at radius 3 is 2.62 bits per heavy atom. The molecule has 4 heteroatoms. The van der Waals surface area contributed by atoms with Crippen LogP contribution in [0.4, 0.5) is 5.69 Å². The standard InChI is InChI=1S/C20H23NO3/c1-14-5-8-17(12-15(14)2)21-20(22)16-6-9-18(10-7-16)24-13-19-4-3-11-23-19/h5-10,12,19H,3-4,11,13H2,1-2H3,(H,21,22)/t19-/m0/s1. The van der Waals surface area contributed by atoms with E-state index in [4.69, 9.17) is 9.47 Å². The minimum absolute atomic E-state index is 0.121. The van der Waals surface area contributed by atoms with Gasteiger partial charge in [0.25, 0.3) is 5.91 Å². The number of aryl methyl sites for hydroxylation is 2. The third-order valence-corrected chi connectivity index (χ3v) is 4.34. The van der Waals surface area contributed by atoms with Gasteiger partial charge in [-0.15, -0.1) is 0 Å². The molecule has 1 amide bonds. The number of carbonyl (C=O) groups excluding carboxylic acids is 1. The highest BCUT2D eigenvalue weighted by Crippen LogP contribution is 2.18. The van der Waals surface area contributed by atoms with E-state index in [1.807, 2.05) is 37.3 Å². The second-order valence-corrected chi connectivity index (χ2v) is 6.22. The van der Waals surface area contributed by atoms with Crippen LogP contribution in [0.5, 0.6) is 5.75 Å². The molecule has 3 rings (SSSR count). The molecule has 0 aliphatic carbocycles. The van der Waals surface area contributed by atoms with Crippen LogP contribution in [-0.4, -0.2) is 25.2 Å². The molecule has 1 N–H and O–H groups in total. The van der Waals surface area contributed by atoms with Gasteiger partial charge in [-0.2, -0.15) is 0 Å². The zero-order valence-corrected chi connectivity index (χ0v) is 14.2. The SMILES string of the molecule is Cc1ccc(NC(=O)c2ccc(OC[C@@H]3CCCO3)cc2)cc1C. The first-order valence-corrected chi connectivity index (χ1v) is 8.35. The topological polar surface area (TPSA) is 47.6 Å². The van der Waals surface area contributed by atoms with Gasteiger partial charge in [0.1, 0.15) is 12.4 Å². The molecule has 1 fully saturated rings. The summed E-state index contributed by atoms with van der Waals surface area (Å²) in [5.41, 5.74) is 3.78. The minimum atomic E-state index is -0.121. The number of rotatable bonds is 5. The molecule has 0 radical (unpaired) electrons. The van der Waals surface area contributed by atoms with E-state index >= 15 is 0 Å². The Bertz CT molecular complexity index is 703. The van der Waals surface area contributed by atoms with Crippen LogP contribution in [0.3, 0.4) is 0 Å². The molecule has 0 unspecified atom stereocenters. The molecule has 4 nitrogen and oxygen atoms in total. The van der Waals surface area contributed by atoms with Gasteiger partial charge >= 0.3 is 0 Å². The Morgan fingerprint density at radius 2 is 1.96 bits per heavy atom. The molecule has 2 aromatic rings. The first kappa shape index (κ1) is 16.5. The summed E-state index contributed by atoms with van der Waals surface area (Å²) in [5.74, 6) is 0.636. The van der Waals surface area contributed by atoms with Crippen molar-refractivity contribution in [1.82, 2.24) is 0 Å². The fourth-order valence-corrected chi connectivity index (χ4v) is 2.69. The largest absolute Gasteiger partial charge is 0.491 e. The van der Waals surface area contributed by atoms with E-state index in [0.29, 0.717) is 12.2 Å². The van der Waals surface area contributed by atoms with Gasteiger partial charge in [-0.25, -0.2) is 0 Å². The predicted octanol–water partition coefficient (Wildman–Crippen LogP) is 4.11. The number of hydrogen-bond acceptors (Lipinski definition) is 3. The van der Waals surface area contributed by atoms with Crippen molar-refractivity contribution in [2.75, 3.05) is 18.5 Å². The van der Waals surface area contributed by atoms with Crippen molar-refractivity contribution >= 4 is 11.6 Å². The van der Waals surface area contributed by atoms with E-state index in [1.165, 1.54) is 5.56 Å². The van der Waals surface area contributed by atoms with Crippen LogP contribution >= 0.6 is 0 Å². The number of benzene rings is 2. The van der Waals surface area contributed by atoms with Gasteiger partial charge in [-0.1, -0.05) is 6.07 Å². The molecule has 1 aliphatic heterocycles. The molecule has 1 saturated heterocycles. The van der Waals surface area contributed by atoms with Crippen molar-refractivity contribution in [1.29, 1.82) is 0 Å². The van der Waals surface area contributed by atoms with Gasteiger partial charge in [0.15, 0.2) is 0 Å². The van der Waals surface area contributed by atoms with Crippen LogP contribution < -0.4 is 10.1 Å². The summed E-state index contributed by atoms with van der Waals surface area (Å²) in [6.07, 6.45) is 2.35. The van der Waals surface area contributed by atoms with Crippen LogP contribution in [0.25, 0.3) is 0 Å². The number of carbonyl (C=O) groups is 1. The number of ether oxygens (including phenoxy) is 2. The Morgan fingerprint density at radius 1 is 1.17 bits per heavy atom. The normalized spacial score (nSPS) is 16.8. The van der Waals surface area contributed by atoms with E-state index in [-0.39, 0.29) is 12.0 Å². The summed E-state index contributed by atoms with van der Waals surface area (Å²) < 4.78 is 11.2. The molecule has 0 aromatic heterocycles. The van der Waals surface area contributed by atoms with Crippen molar-refractivity contribution in [2.45, 2.75) is 32.8 Å². The number of anilines is 1. The van der Waals surface area contributed by atoms with Crippen molar-refractivity contribution in [2.24, 2.45) is 0 Å². The lowest BCUT2D eigenvalue weighted by atomic mass is 10.1. The first-order chi connectivity index (χ1) is 11.6. The van der Waals surface area contributed by atoms with Crippen molar-refractivity contribution in [3.63, 3.8) is 0 Å². The maximum atomic E-state index is 12.3. The summed E-state index contributed by atoms with van der Waals surface area (Å²) in [6, 6.07) is 13.1. The van der Waals surface area contributed by atoms with E-state index in [2.05, 4.69) is 12.2 Å². The van der Waals surface area contributed by atoms with Crippen LogP contribution in [0.15, 0.2) is 42.5 Å². The predicted molar refractivity (Wildman–Crippen MR) is 94.8 cm³/mol. The molecule has 1 atom stereocenters. The van der Waals surface area contributed by atoms with Crippen LogP contribution in [0.2, 0.25) is 0 Å². The Balaban J connectivity index is 1.57. The van der Waals surface area contributed by atoms with E-state index in [9.17, 15) is 4.79 Å². The zero-order valence-electron chi connectivity index (χ0n) is 14.2. The fourth-order valence-electron chi connectivity index (χ4n) is 2.69. The van der Waals surface area contributed by atoms with Crippen molar-refractivity contribution in [3.05, 3.63) is 59.2 Å². The third-order valence-electron chi connectivity index (χ3n) is 4.34. The van der Waals surface area contributed by atoms with Gasteiger partial charge in [0, 0.05) is 17.9 Å². The first-order valence-electron chi connectivity index (χ1n) is 8.35. The third kappa shape index (κ3) is 4.15. The highest BCUT2D eigenvalue weighted by Gasteiger charge is 2.16. The lowest BCUT2D eigenvalue weighted by Crippen LogP contribution is -2.16. The summed E-state index contributed by atoms with van der Waals surface area (Å²) in [6.45, 7) is 5.47. The second-order valence-electron chi connectivity index (χ2n) is 6.22. The Kier molecular flexibility index (Phi) is 5.16. The van der Waals surface area contributed by atoms with Crippen LogP contribution in [-0.2, 0) is 4.74 Å². The minimum Gasteiger partial charge on any atom is -0.491 e. The Hall–Kier alpha value is -2.33. The average Bonchev–Trinajstić information content (AvgIpc) is 3.10. The zero-order chi connectivity index (χ0) is 16.9. The van der Waals surface area contributed by atoms with Crippen LogP contribution in [0.1, 0.15) is 34.3 Å². The lowest BCUT2D eigenvalue weighted by molar-refractivity contribution is 0.0679. The van der Waals surface area contributed by atoms with Gasteiger partial charge in [-0.05, 0) is 74.2 Å². The number of amides is 1. The summed E-state index contributed by atoms with van der Waals surface area (Å²) in [5, 5.41) is 2.92. The molecule has 1 aliphatic rings. The van der Waals surface area contributed by atoms with Gasteiger partial charge < -0.3 is 14.8 Å². The number of hydrogen-bond donors (Lipinski definition) is 1. The quantitative estimate of drug-likeness (QED) is 0.900. The van der Waals surface area contributed by atoms with E-state index < -0.39 is 0 Å². The highest BCUT2D eigenvalue weighted by atomic mass is 16.5. The number of nitrogens with one attached hydrogen (secondary N) is 1. The maximum Gasteiger partial charge on any atom is 0.255 e. The molecule has 24 heavy (non-hydrogen) atoms. The van der Waals surface area contributed by atoms with Crippen molar-refractivity contribution in [3.8, 4) is 5.75 Å². The van der Waals surface area contributed by atoms with Gasteiger partial charge in [-0.3, -0.25) is 4.79 Å². The van der Waals surface area contributed by atoms with E-state index in [0.717, 1.165) is 36.4 Å². The molecule has 0 saturated carbocycles. The summed E-state index contributed by atoms with van der Waals surface area (Å²) in [7, 11) is 0. The highest BCUT2D eigenvalue weighted by molar-refractivity contribution is 6.04.